The summed E-state index contributed by atoms with van der Waals surface area (Å²) in [5, 5.41) is 16.7. The van der Waals surface area contributed by atoms with Crippen LogP contribution in [0.1, 0.15) is 42.1 Å². The highest BCUT2D eigenvalue weighted by atomic mass is 16.5. The summed E-state index contributed by atoms with van der Waals surface area (Å²) in [5.74, 6) is -0.246. The molecule has 1 aliphatic rings. The minimum absolute atomic E-state index is 0.0760. The van der Waals surface area contributed by atoms with E-state index in [2.05, 4.69) is 41.8 Å². The Morgan fingerprint density at radius 1 is 1.10 bits per heavy atom. The second-order valence-electron chi connectivity index (χ2n) is 7.82. The van der Waals surface area contributed by atoms with Crippen molar-refractivity contribution in [3.05, 3.63) is 59.7 Å². The van der Waals surface area contributed by atoms with E-state index in [1.54, 1.807) is 12.1 Å². The molecule has 2 aromatic carbocycles. The lowest BCUT2D eigenvalue weighted by Gasteiger charge is -2.24. The second-order valence-corrected chi connectivity index (χ2v) is 7.82. The van der Waals surface area contributed by atoms with E-state index in [0.29, 0.717) is 12.0 Å². The maximum atomic E-state index is 12.3. The summed E-state index contributed by atoms with van der Waals surface area (Å²) in [7, 11) is 0. The normalized spacial score (nSPS) is 16.1. The summed E-state index contributed by atoms with van der Waals surface area (Å²) in [6, 6.07) is 15.8. The lowest BCUT2D eigenvalue weighted by atomic mass is 9.96. The third-order valence-electron chi connectivity index (χ3n) is 5.60. The van der Waals surface area contributed by atoms with Gasteiger partial charge in [0.2, 0.25) is 5.91 Å². The van der Waals surface area contributed by atoms with Crippen LogP contribution in [-0.2, 0) is 11.2 Å². The first-order chi connectivity index (χ1) is 14.6. The van der Waals surface area contributed by atoms with Crippen LogP contribution in [0.3, 0.4) is 0 Å². The Kier molecular flexibility index (Phi) is 7.99. The molecule has 1 unspecified atom stereocenters. The summed E-state index contributed by atoms with van der Waals surface area (Å²) >= 11 is 0. The molecule has 3 rings (SSSR count). The summed E-state index contributed by atoms with van der Waals surface area (Å²) in [5.41, 5.74) is 4.01. The molecule has 6 nitrogen and oxygen atoms in total. The Labute approximate surface area is 178 Å². The average Bonchev–Trinajstić information content (AvgIpc) is 2.79. The van der Waals surface area contributed by atoms with Crippen LogP contribution < -0.4 is 10.6 Å². The highest BCUT2D eigenvalue weighted by molar-refractivity contribution is 5.94. The Morgan fingerprint density at radius 2 is 1.77 bits per heavy atom. The van der Waals surface area contributed by atoms with E-state index in [-0.39, 0.29) is 30.8 Å². The van der Waals surface area contributed by atoms with Crippen molar-refractivity contribution in [1.29, 1.82) is 0 Å². The number of aryl methyl sites for hydroxylation is 1. The fourth-order valence-electron chi connectivity index (χ4n) is 3.70. The number of rotatable bonds is 8. The predicted octanol–water partition coefficient (Wildman–Crippen LogP) is 3.25. The van der Waals surface area contributed by atoms with Gasteiger partial charge in [-0.05, 0) is 67.1 Å². The van der Waals surface area contributed by atoms with Gasteiger partial charge in [-0.25, -0.2) is 5.06 Å². The minimum Gasteiger partial charge on any atom is -0.350 e. The van der Waals surface area contributed by atoms with Crippen LogP contribution >= 0.6 is 0 Å². The van der Waals surface area contributed by atoms with Gasteiger partial charge in [0.15, 0.2) is 0 Å². The van der Waals surface area contributed by atoms with Gasteiger partial charge >= 0.3 is 0 Å². The fraction of sp³-hybridized carbons (Fsp3) is 0.417. The van der Waals surface area contributed by atoms with Gasteiger partial charge in [0, 0.05) is 18.5 Å². The highest BCUT2D eigenvalue weighted by Crippen LogP contribution is 2.20. The van der Waals surface area contributed by atoms with Crippen LogP contribution in [-0.4, -0.2) is 48.3 Å². The average molecular weight is 410 g/mol. The minimum atomic E-state index is -0.295. The highest BCUT2D eigenvalue weighted by Gasteiger charge is 2.20. The van der Waals surface area contributed by atoms with Crippen LogP contribution in [0, 0.1) is 5.92 Å². The van der Waals surface area contributed by atoms with Crippen molar-refractivity contribution in [1.82, 2.24) is 15.7 Å². The Bertz CT molecular complexity index is 828. The molecule has 1 aliphatic heterocycles. The lowest BCUT2D eigenvalue weighted by molar-refractivity contribution is -0.166. The second kappa shape index (κ2) is 10.9. The molecular weight excluding hydrogens is 378 g/mol. The molecular formula is C24H31N3O3. The molecule has 1 atom stereocenters. The van der Waals surface area contributed by atoms with Gasteiger partial charge in [0.25, 0.3) is 5.91 Å². The molecule has 30 heavy (non-hydrogen) atoms. The summed E-state index contributed by atoms with van der Waals surface area (Å²) in [4.78, 5) is 24.4. The smallest absolute Gasteiger partial charge is 0.251 e. The third-order valence-corrected chi connectivity index (χ3v) is 5.60. The van der Waals surface area contributed by atoms with E-state index >= 15 is 0 Å². The molecule has 0 radical (unpaired) electrons. The number of nitrogens with one attached hydrogen (secondary N) is 2. The summed E-state index contributed by atoms with van der Waals surface area (Å²) in [6.45, 7) is 4.21. The van der Waals surface area contributed by atoms with Gasteiger partial charge in [0.05, 0.1) is 6.54 Å². The monoisotopic (exact) mass is 409 g/mol. The van der Waals surface area contributed by atoms with Crippen molar-refractivity contribution < 1.29 is 14.8 Å². The first-order valence-corrected chi connectivity index (χ1v) is 10.7. The molecule has 0 aromatic heterocycles. The Morgan fingerprint density at radius 3 is 2.37 bits per heavy atom. The van der Waals surface area contributed by atoms with Crippen molar-refractivity contribution in [3.63, 3.8) is 0 Å². The van der Waals surface area contributed by atoms with Gasteiger partial charge in [-0.2, -0.15) is 0 Å². The van der Waals surface area contributed by atoms with E-state index < -0.39 is 0 Å². The van der Waals surface area contributed by atoms with E-state index in [4.69, 9.17) is 0 Å². The number of hydrogen-bond acceptors (Lipinski definition) is 4. The molecule has 0 aliphatic carbocycles. The molecule has 6 heteroatoms. The molecule has 160 valence electrons. The predicted molar refractivity (Wildman–Crippen MR) is 117 cm³/mol. The van der Waals surface area contributed by atoms with E-state index in [1.807, 2.05) is 12.1 Å². The van der Waals surface area contributed by atoms with E-state index in [1.165, 1.54) is 5.56 Å². The van der Waals surface area contributed by atoms with Crippen LogP contribution in [0.4, 0.5) is 0 Å². The number of carbonyl (C=O) groups is 2. The quantitative estimate of drug-likeness (QED) is 0.462. The molecule has 2 amide bonds. The number of nitrogens with zero attached hydrogens (tertiary/aromatic N) is 1. The van der Waals surface area contributed by atoms with Crippen LogP contribution in [0.25, 0.3) is 11.1 Å². The number of piperidine rings is 1. The van der Waals surface area contributed by atoms with Crippen LogP contribution in [0.15, 0.2) is 48.5 Å². The van der Waals surface area contributed by atoms with Gasteiger partial charge in [-0.1, -0.05) is 43.3 Å². The summed E-state index contributed by atoms with van der Waals surface area (Å²) < 4.78 is 0. The molecule has 3 N–H and O–H groups in total. The number of benzene rings is 2. The fourth-order valence-corrected chi connectivity index (χ4v) is 3.70. The topological polar surface area (TPSA) is 81.7 Å². The zero-order chi connectivity index (χ0) is 21.3. The Balaban J connectivity index is 1.44. The zero-order valence-corrected chi connectivity index (χ0v) is 17.6. The number of amides is 2. The van der Waals surface area contributed by atoms with Crippen molar-refractivity contribution in [2.75, 3.05) is 26.2 Å². The van der Waals surface area contributed by atoms with Crippen molar-refractivity contribution in [3.8, 4) is 11.1 Å². The summed E-state index contributed by atoms with van der Waals surface area (Å²) in [6.07, 6.45) is 3.40. The first kappa shape index (κ1) is 22.0. The van der Waals surface area contributed by atoms with Gasteiger partial charge in [-0.15, -0.1) is 0 Å². The van der Waals surface area contributed by atoms with Gasteiger partial charge in [-0.3, -0.25) is 14.8 Å². The zero-order valence-electron chi connectivity index (χ0n) is 17.6. The third kappa shape index (κ3) is 6.15. The number of hydroxylamine groups is 2. The van der Waals surface area contributed by atoms with E-state index in [9.17, 15) is 14.8 Å². The maximum absolute atomic E-state index is 12.3. The van der Waals surface area contributed by atoms with E-state index in [0.717, 1.165) is 48.5 Å². The number of hydrogen-bond donors (Lipinski definition) is 3. The van der Waals surface area contributed by atoms with Gasteiger partial charge in [0.1, 0.15) is 0 Å². The molecule has 0 saturated carbocycles. The van der Waals surface area contributed by atoms with Gasteiger partial charge < -0.3 is 10.6 Å². The standard InChI is InChI=1S/C24H31N3O3/c1-2-18-5-7-20(8-6-18)21-9-11-22(12-10-21)24(29)26-14-15-27(30)23(28)16-19-4-3-13-25-17-19/h5-12,19,25,30H,2-4,13-17H2,1H3,(H,26,29). The molecule has 1 fully saturated rings. The molecule has 0 bridgehead atoms. The molecule has 0 spiro atoms. The molecule has 2 aromatic rings. The molecule has 1 heterocycles. The van der Waals surface area contributed by atoms with Crippen molar-refractivity contribution in [2.24, 2.45) is 5.92 Å². The molecule has 1 saturated heterocycles. The first-order valence-electron chi connectivity index (χ1n) is 10.7. The van der Waals surface area contributed by atoms with Crippen molar-refractivity contribution >= 4 is 11.8 Å². The largest absolute Gasteiger partial charge is 0.350 e. The van der Waals surface area contributed by atoms with Crippen LogP contribution in [0.2, 0.25) is 0 Å². The SMILES string of the molecule is CCc1ccc(-c2ccc(C(=O)NCCN(O)C(=O)CC3CCCNC3)cc2)cc1. The maximum Gasteiger partial charge on any atom is 0.251 e. The lowest BCUT2D eigenvalue weighted by Crippen LogP contribution is -2.39. The number of carbonyl (C=O) groups excluding carboxylic acids is 2. The van der Waals surface area contributed by atoms with Crippen LogP contribution in [0.5, 0.6) is 0 Å². The Hall–Kier alpha value is -2.70. The van der Waals surface area contributed by atoms with Crippen molar-refractivity contribution in [2.45, 2.75) is 32.6 Å².